The molecule has 1 fully saturated rings. The van der Waals surface area contributed by atoms with E-state index in [1.54, 1.807) is 0 Å². The molecule has 0 aliphatic carbocycles. The Kier molecular flexibility index (Phi) is 6.10. The van der Waals surface area contributed by atoms with Gasteiger partial charge in [-0.05, 0) is 6.07 Å². The maximum atomic E-state index is 12.9. The molecule has 1 saturated heterocycles. The average molecular weight is 365 g/mol. The first-order chi connectivity index (χ1) is 10.9. The van der Waals surface area contributed by atoms with Gasteiger partial charge in [-0.2, -0.15) is 4.31 Å². The van der Waals surface area contributed by atoms with E-state index in [-0.39, 0.29) is 22.3 Å². The van der Waals surface area contributed by atoms with Crippen molar-refractivity contribution in [2.24, 2.45) is 0 Å². The molecule has 0 amide bonds. The van der Waals surface area contributed by atoms with Crippen LogP contribution >= 0.6 is 11.6 Å². The Balaban J connectivity index is 2.28. The van der Waals surface area contributed by atoms with Crippen molar-refractivity contribution in [2.75, 3.05) is 53.6 Å². The van der Waals surface area contributed by atoms with Gasteiger partial charge in [0.25, 0.3) is 0 Å². The van der Waals surface area contributed by atoms with Crippen molar-refractivity contribution in [1.29, 1.82) is 0 Å². The predicted molar refractivity (Wildman–Crippen MR) is 86.8 cm³/mol. The predicted octanol–water partition coefficient (Wildman–Crippen LogP) is 0.656. The Hall–Kier alpha value is -1.06. The van der Waals surface area contributed by atoms with E-state index in [0.29, 0.717) is 38.5 Å². The minimum absolute atomic E-state index is 0.0291. The van der Waals surface area contributed by atoms with Crippen LogP contribution in [0.3, 0.4) is 0 Å². The number of benzene rings is 1. The number of nitrogens with zero attached hydrogens (tertiary/aromatic N) is 2. The maximum Gasteiger partial charge on any atom is 0.246 e. The zero-order chi connectivity index (χ0) is 17.0. The molecule has 23 heavy (non-hydrogen) atoms. The Labute approximate surface area is 141 Å². The fourth-order valence-corrected chi connectivity index (χ4v) is 4.40. The summed E-state index contributed by atoms with van der Waals surface area (Å²) in [4.78, 5) is 2.05. The maximum absolute atomic E-state index is 12.9. The fourth-order valence-electron chi connectivity index (χ4n) is 2.51. The minimum atomic E-state index is -3.71. The van der Waals surface area contributed by atoms with E-state index in [1.165, 1.54) is 30.7 Å². The number of aliphatic hydroxyl groups excluding tert-OH is 1. The van der Waals surface area contributed by atoms with Crippen LogP contribution in [-0.4, -0.2) is 76.3 Å². The standard InChI is InChI=1S/C14H21ClN2O5S/c1-21-12-10-13(22-2)14(9-11(12)15)23(19,20)17-5-3-16(4-6-17)7-8-18/h9-10,18H,3-8H2,1-2H3. The molecule has 0 saturated carbocycles. The van der Waals surface area contributed by atoms with E-state index in [1.807, 2.05) is 4.90 Å². The lowest BCUT2D eigenvalue weighted by Crippen LogP contribution is -2.49. The van der Waals surface area contributed by atoms with Crippen molar-refractivity contribution in [3.8, 4) is 11.5 Å². The number of hydrogen-bond donors (Lipinski definition) is 1. The lowest BCUT2D eigenvalue weighted by atomic mass is 10.3. The topological polar surface area (TPSA) is 79.3 Å². The Morgan fingerprint density at radius 3 is 2.26 bits per heavy atom. The summed E-state index contributed by atoms with van der Waals surface area (Å²) in [7, 11) is -0.854. The molecule has 0 spiro atoms. The van der Waals surface area contributed by atoms with Crippen LogP contribution in [0.25, 0.3) is 0 Å². The van der Waals surface area contributed by atoms with Crippen LogP contribution in [0.2, 0.25) is 5.02 Å². The van der Waals surface area contributed by atoms with Gasteiger partial charge in [0.1, 0.15) is 16.4 Å². The van der Waals surface area contributed by atoms with Crippen LogP contribution in [0.15, 0.2) is 17.0 Å². The van der Waals surface area contributed by atoms with Crippen LogP contribution in [0, 0.1) is 0 Å². The summed E-state index contributed by atoms with van der Waals surface area (Å²) in [5, 5.41) is 9.17. The van der Waals surface area contributed by atoms with Gasteiger partial charge in [-0.3, -0.25) is 4.90 Å². The summed E-state index contributed by atoms with van der Waals surface area (Å²) in [6, 6.07) is 2.83. The van der Waals surface area contributed by atoms with E-state index < -0.39 is 10.0 Å². The van der Waals surface area contributed by atoms with E-state index >= 15 is 0 Å². The number of β-amino-alcohol motifs (C(OH)–C–C–N with tert-alkyl or cyclic N) is 1. The molecule has 0 radical (unpaired) electrons. The number of rotatable bonds is 6. The Morgan fingerprint density at radius 1 is 1.13 bits per heavy atom. The molecule has 1 heterocycles. The Morgan fingerprint density at radius 2 is 1.74 bits per heavy atom. The first kappa shape index (κ1) is 18.3. The lowest BCUT2D eigenvalue weighted by Gasteiger charge is -2.33. The summed E-state index contributed by atoms with van der Waals surface area (Å²) in [6.07, 6.45) is 0. The zero-order valence-corrected chi connectivity index (χ0v) is 14.7. The molecule has 1 aliphatic rings. The summed E-state index contributed by atoms with van der Waals surface area (Å²) in [6.45, 7) is 2.47. The quantitative estimate of drug-likeness (QED) is 0.798. The molecular weight excluding hydrogens is 344 g/mol. The first-order valence-corrected chi connectivity index (χ1v) is 9.00. The number of aliphatic hydroxyl groups is 1. The summed E-state index contributed by atoms with van der Waals surface area (Å²) < 4.78 is 37.4. The van der Waals surface area contributed by atoms with Gasteiger partial charge < -0.3 is 14.6 Å². The molecule has 1 aromatic carbocycles. The fraction of sp³-hybridized carbons (Fsp3) is 0.571. The van der Waals surface area contributed by atoms with Gasteiger partial charge in [-0.15, -0.1) is 0 Å². The summed E-state index contributed by atoms with van der Waals surface area (Å²) >= 11 is 6.07. The number of ether oxygens (including phenoxy) is 2. The van der Waals surface area contributed by atoms with Gasteiger partial charge in [0.05, 0.1) is 25.8 Å². The lowest BCUT2D eigenvalue weighted by molar-refractivity contribution is 0.151. The van der Waals surface area contributed by atoms with Crippen molar-refractivity contribution in [3.05, 3.63) is 17.2 Å². The van der Waals surface area contributed by atoms with Crippen LogP contribution in [-0.2, 0) is 10.0 Å². The molecule has 0 bridgehead atoms. The summed E-state index contributed by atoms with van der Waals surface area (Å²) in [5.41, 5.74) is 0. The second kappa shape index (κ2) is 7.67. The van der Waals surface area contributed by atoms with E-state index in [4.69, 9.17) is 26.2 Å². The second-order valence-electron chi connectivity index (χ2n) is 5.11. The van der Waals surface area contributed by atoms with Gasteiger partial charge in [0.15, 0.2) is 0 Å². The van der Waals surface area contributed by atoms with Crippen LogP contribution in [0.4, 0.5) is 0 Å². The molecule has 1 aromatic rings. The molecule has 2 rings (SSSR count). The molecule has 9 heteroatoms. The van der Waals surface area contributed by atoms with Crippen LogP contribution in [0.1, 0.15) is 0 Å². The normalized spacial score (nSPS) is 17.2. The highest BCUT2D eigenvalue weighted by molar-refractivity contribution is 7.89. The highest BCUT2D eigenvalue weighted by Gasteiger charge is 2.31. The van der Waals surface area contributed by atoms with Gasteiger partial charge >= 0.3 is 0 Å². The van der Waals surface area contributed by atoms with E-state index in [2.05, 4.69) is 0 Å². The van der Waals surface area contributed by atoms with Gasteiger partial charge in [0, 0.05) is 38.8 Å². The zero-order valence-electron chi connectivity index (χ0n) is 13.2. The monoisotopic (exact) mass is 364 g/mol. The molecule has 7 nitrogen and oxygen atoms in total. The van der Waals surface area contributed by atoms with Crippen molar-refractivity contribution in [2.45, 2.75) is 4.90 Å². The number of methoxy groups -OCH3 is 2. The molecule has 0 aromatic heterocycles. The third kappa shape index (κ3) is 3.89. The smallest absolute Gasteiger partial charge is 0.246 e. The molecule has 1 aliphatic heterocycles. The molecule has 1 N–H and O–H groups in total. The van der Waals surface area contributed by atoms with Gasteiger partial charge in [-0.1, -0.05) is 11.6 Å². The summed E-state index contributed by atoms with van der Waals surface area (Å²) in [5.74, 6) is 0.555. The third-order valence-electron chi connectivity index (χ3n) is 3.80. The molecule has 0 unspecified atom stereocenters. The highest BCUT2D eigenvalue weighted by atomic mass is 35.5. The van der Waals surface area contributed by atoms with Crippen molar-refractivity contribution < 1.29 is 23.0 Å². The van der Waals surface area contributed by atoms with Crippen molar-refractivity contribution in [3.63, 3.8) is 0 Å². The van der Waals surface area contributed by atoms with E-state index in [9.17, 15) is 8.42 Å². The SMILES string of the molecule is COc1cc(OC)c(S(=O)(=O)N2CCN(CCO)CC2)cc1Cl. The van der Waals surface area contributed by atoms with Crippen LogP contribution < -0.4 is 9.47 Å². The average Bonchev–Trinajstić information content (AvgIpc) is 2.55. The van der Waals surface area contributed by atoms with Gasteiger partial charge in [0.2, 0.25) is 10.0 Å². The van der Waals surface area contributed by atoms with Crippen LogP contribution in [0.5, 0.6) is 11.5 Å². The minimum Gasteiger partial charge on any atom is -0.495 e. The molecule has 130 valence electrons. The number of halogens is 1. The largest absolute Gasteiger partial charge is 0.495 e. The van der Waals surface area contributed by atoms with Crippen molar-refractivity contribution in [1.82, 2.24) is 9.21 Å². The third-order valence-corrected chi connectivity index (χ3v) is 6.02. The number of sulfonamides is 1. The second-order valence-corrected chi connectivity index (χ2v) is 7.42. The number of hydrogen-bond acceptors (Lipinski definition) is 6. The van der Waals surface area contributed by atoms with E-state index in [0.717, 1.165) is 0 Å². The molecule has 0 atom stereocenters. The van der Waals surface area contributed by atoms with Gasteiger partial charge in [-0.25, -0.2) is 8.42 Å². The Bertz CT molecular complexity index is 645. The van der Waals surface area contributed by atoms with Crippen molar-refractivity contribution >= 4 is 21.6 Å². The molecular formula is C14H21ClN2O5S. The first-order valence-electron chi connectivity index (χ1n) is 7.19. The number of piperazine rings is 1. The highest BCUT2D eigenvalue weighted by Crippen LogP contribution is 2.36.